The van der Waals surface area contributed by atoms with Gasteiger partial charge in [0.1, 0.15) is 11.5 Å². The fraction of sp³-hybridized carbons (Fsp3) is 0.0909. The Kier molecular flexibility index (Phi) is 3.57. The lowest BCUT2D eigenvalue weighted by molar-refractivity contribution is -0.384. The molecule has 0 aliphatic heterocycles. The molecule has 0 aliphatic rings. The molecule has 0 fully saturated rings. The molecule has 0 radical (unpaired) electrons. The molecule has 1 amide bonds. The first kappa shape index (κ1) is 13.8. The summed E-state index contributed by atoms with van der Waals surface area (Å²) >= 11 is 5.84. The number of carbonyl (C=O) groups is 1. The summed E-state index contributed by atoms with van der Waals surface area (Å²) in [5.74, 6) is -0.467. The minimum atomic E-state index is -0.572. The van der Waals surface area contributed by atoms with Crippen molar-refractivity contribution in [1.29, 1.82) is 0 Å². The zero-order valence-electron chi connectivity index (χ0n) is 10.1. The van der Waals surface area contributed by atoms with Crippen molar-refractivity contribution in [3.63, 3.8) is 0 Å². The molecular weight excluding hydrogens is 286 g/mol. The number of benzene rings is 1. The zero-order valence-corrected chi connectivity index (χ0v) is 10.9. The summed E-state index contributed by atoms with van der Waals surface area (Å²) in [6, 6.07) is 4.02. The van der Waals surface area contributed by atoms with Crippen molar-refractivity contribution in [2.24, 2.45) is 5.73 Å². The van der Waals surface area contributed by atoms with Crippen LogP contribution in [0.3, 0.4) is 0 Å². The number of halogens is 1. The number of nitrogens with zero attached hydrogens (tertiary/aromatic N) is 3. The van der Waals surface area contributed by atoms with E-state index in [1.54, 1.807) is 0 Å². The average molecular weight is 296 g/mol. The summed E-state index contributed by atoms with van der Waals surface area (Å²) in [7, 11) is 0. The highest BCUT2D eigenvalue weighted by molar-refractivity contribution is 6.30. The first-order chi connectivity index (χ1) is 9.40. The van der Waals surface area contributed by atoms with E-state index in [0.29, 0.717) is 10.6 Å². The zero-order chi connectivity index (χ0) is 14.9. The van der Waals surface area contributed by atoms with Crippen LogP contribution < -0.4 is 11.5 Å². The van der Waals surface area contributed by atoms with Crippen LogP contribution in [-0.4, -0.2) is 20.6 Å². The maximum atomic E-state index is 11.0. The SMILES string of the molecule is NC(=O)Cc1cnn(-c2cc(Cl)ccc2[N+](=O)[O-])c1N. The second-order valence-electron chi connectivity index (χ2n) is 4.00. The third-order valence-corrected chi connectivity index (χ3v) is 2.85. The predicted octanol–water partition coefficient (Wildman–Crippen LogP) is 1.04. The van der Waals surface area contributed by atoms with Crippen molar-refractivity contribution in [3.8, 4) is 5.69 Å². The van der Waals surface area contributed by atoms with Crippen LogP contribution in [0.15, 0.2) is 24.4 Å². The van der Waals surface area contributed by atoms with E-state index in [2.05, 4.69) is 5.10 Å². The standard InChI is InChI=1S/C11H10ClN5O3/c12-7-1-2-8(17(19)20)9(4-7)16-11(14)6(5-15-16)3-10(13)18/h1-2,4-5H,3,14H2,(H2,13,18). The molecule has 0 aliphatic carbocycles. The Morgan fingerprint density at radius 1 is 1.50 bits per heavy atom. The Morgan fingerprint density at radius 3 is 2.80 bits per heavy atom. The summed E-state index contributed by atoms with van der Waals surface area (Å²) in [5.41, 5.74) is 11.2. The largest absolute Gasteiger partial charge is 0.383 e. The molecule has 0 atom stereocenters. The van der Waals surface area contributed by atoms with Crippen LogP contribution in [0.4, 0.5) is 11.5 Å². The van der Waals surface area contributed by atoms with Gasteiger partial charge < -0.3 is 11.5 Å². The highest BCUT2D eigenvalue weighted by atomic mass is 35.5. The lowest BCUT2D eigenvalue weighted by atomic mass is 10.2. The Hall–Kier alpha value is -2.61. The van der Waals surface area contributed by atoms with E-state index in [0.717, 1.165) is 4.68 Å². The van der Waals surface area contributed by atoms with E-state index in [9.17, 15) is 14.9 Å². The summed E-state index contributed by atoms with van der Waals surface area (Å²) in [4.78, 5) is 21.3. The van der Waals surface area contributed by atoms with Gasteiger partial charge in [0.2, 0.25) is 5.91 Å². The van der Waals surface area contributed by atoms with E-state index < -0.39 is 10.8 Å². The number of rotatable bonds is 4. The molecule has 1 aromatic carbocycles. The lowest BCUT2D eigenvalue weighted by Gasteiger charge is -2.06. The molecule has 4 N–H and O–H groups in total. The van der Waals surface area contributed by atoms with Crippen LogP contribution in [0, 0.1) is 10.1 Å². The molecule has 2 aromatic rings. The van der Waals surface area contributed by atoms with Crippen molar-refractivity contribution in [1.82, 2.24) is 9.78 Å². The average Bonchev–Trinajstić information content (AvgIpc) is 2.69. The Bertz CT molecular complexity index is 697. The van der Waals surface area contributed by atoms with Crippen LogP contribution in [0.5, 0.6) is 0 Å². The first-order valence-electron chi connectivity index (χ1n) is 5.45. The molecule has 8 nitrogen and oxygen atoms in total. The van der Waals surface area contributed by atoms with Crippen molar-refractivity contribution in [2.75, 3.05) is 5.73 Å². The maximum Gasteiger partial charge on any atom is 0.295 e. The molecule has 104 valence electrons. The minimum Gasteiger partial charge on any atom is -0.383 e. The van der Waals surface area contributed by atoms with Crippen LogP contribution in [0.2, 0.25) is 5.02 Å². The van der Waals surface area contributed by atoms with Gasteiger partial charge in [-0.25, -0.2) is 4.68 Å². The highest BCUT2D eigenvalue weighted by Crippen LogP contribution is 2.28. The number of hydrogen-bond donors (Lipinski definition) is 2. The van der Waals surface area contributed by atoms with Crippen LogP contribution >= 0.6 is 11.6 Å². The molecule has 0 spiro atoms. The second-order valence-corrected chi connectivity index (χ2v) is 4.44. The summed E-state index contributed by atoms with van der Waals surface area (Å²) in [6.45, 7) is 0. The Labute approximate surface area is 118 Å². The maximum absolute atomic E-state index is 11.0. The van der Waals surface area contributed by atoms with Crippen LogP contribution in [-0.2, 0) is 11.2 Å². The molecule has 0 saturated carbocycles. The number of nitrogen functional groups attached to an aromatic ring is 1. The third kappa shape index (κ3) is 2.54. The number of nitrogens with two attached hydrogens (primary N) is 2. The molecule has 0 unspecified atom stereocenters. The van der Waals surface area contributed by atoms with Gasteiger partial charge in [-0.3, -0.25) is 14.9 Å². The fourth-order valence-electron chi connectivity index (χ4n) is 1.73. The van der Waals surface area contributed by atoms with Gasteiger partial charge in [-0.15, -0.1) is 0 Å². The second kappa shape index (κ2) is 5.17. The predicted molar refractivity (Wildman–Crippen MR) is 72.5 cm³/mol. The minimum absolute atomic E-state index is 0.0970. The summed E-state index contributed by atoms with van der Waals surface area (Å²) in [6.07, 6.45) is 1.24. The topological polar surface area (TPSA) is 130 Å². The van der Waals surface area contributed by atoms with E-state index in [4.69, 9.17) is 23.1 Å². The molecule has 1 aromatic heterocycles. The first-order valence-corrected chi connectivity index (χ1v) is 5.83. The van der Waals surface area contributed by atoms with Gasteiger partial charge in [0.05, 0.1) is 17.5 Å². The number of hydrogen-bond acceptors (Lipinski definition) is 5. The van der Waals surface area contributed by atoms with Crippen LogP contribution in [0.1, 0.15) is 5.56 Å². The number of primary amides is 1. The number of aromatic nitrogens is 2. The third-order valence-electron chi connectivity index (χ3n) is 2.61. The van der Waals surface area contributed by atoms with Gasteiger partial charge in [0, 0.05) is 16.7 Å². The molecule has 20 heavy (non-hydrogen) atoms. The molecule has 1 heterocycles. The van der Waals surface area contributed by atoms with Gasteiger partial charge >= 0.3 is 0 Å². The van der Waals surface area contributed by atoms with Crippen molar-refractivity contribution in [3.05, 3.63) is 45.1 Å². The number of nitro groups is 1. The van der Waals surface area contributed by atoms with E-state index in [-0.39, 0.29) is 23.6 Å². The van der Waals surface area contributed by atoms with Gasteiger partial charge in [-0.2, -0.15) is 5.10 Å². The molecule has 2 rings (SSSR count). The van der Waals surface area contributed by atoms with Gasteiger partial charge in [0.15, 0.2) is 0 Å². The monoisotopic (exact) mass is 295 g/mol. The Balaban J connectivity index is 2.57. The number of amides is 1. The molecular formula is C11H10ClN5O3. The van der Waals surface area contributed by atoms with Gasteiger partial charge in [-0.05, 0) is 12.1 Å². The molecule has 9 heteroatoms. The fourth-order valence-corrected chi connectivity index (χ4v) is 1.89. The number of carbonyl (C=O) groups excluding carboxylic acids is 1. The quantitative estimate of drug-likeness (QED) is 0.643. The van der Waals surface area contributed by atoms with E-state index in [1.807, 2.05) is 0 Å². The van der Waals surface area contributed by atoms with E-state index >= 15 is 0 Å². The van der Waals surface area contributed by atoms with Crippen molar-refractivity contribution in [2.45, 2.75) is 6.42 Å². The summed E-state index contributed by atoms with van der Waals surface area (Å²) < 4.78 is 1.16. The smallest absolute Gasteiger partial charge is 0.295 e. The highest BCUT2D eigenvalue weighted by Gasteiger charge is 2.20. The molecule has 0 saturated heterocycles. The van der Waals surface area contributed by atoms with E-state index in [1.165, 1.54) is 24.4 Å². The number of anilines is 1. The normalized spacial score (nSPS) is 10.4. The van der Waals surface area contributed by atoms with Crippen molar-refractivity contribution >= 4 is 29.0 Å². The summed E-state index contributed by atoms with van der Waals surface area (Å²) in [5, 5.41) is 15.3. The van der Waals surface area contributed by atoms with Crippen LogP contribution in [0.25, 0.3) is 5.69 Å². The van der Waals surface area contributed by atoms with Gasteiger partial charge in [0.25, 0.3) is 5.69 Å². The molecule has 0 bridgehead atoms. The Morgan fingerprint density at radius 2 is 2.20 bits per heavy atom. The number of nitro benzene ring substituents is 1. The van der Waals surface area contributed by atoms with Crippen molar-refractivity contribution < 1.29 is 9.72 Å². The van der Waals surface area contributed by atoms with Gasteiger partial charge in [-0.1, -0.05) is 11.6 Å². The lowest BCUT2D eigenvalue weighted by Crippen LogP contribution is -2.14.